The number of rotatable bonds is 4. The molecule has 0 atom stereocenters. The third kappa shape index (κ3) is 4.49. The molecule has 1 amide bonds. The zero-order valence-corrected chi connectivity index (χ0v) is 15.8. The van der Waals surface area contributed by atoms with Gasteiger partial charge in [0.1, 0.15) is 11.5 Å². The molecule has 2 aromatic carbocycles. The predicted molar refractivity (Wildman–Crippen MR) is 105 cm³/mol. The molecule has 0 spiro atoms. The number of nitrogens with zero attached hydrogens (tertiary/aromatic N) is 2. The van der Waals surface area contributed by atoms with Crippen molar-refractivity contribution in [3.05, 3.63) is 77.8 Å². The van der Waals surface area contributed by atoms with Crippen LogP contribution in [0.15, 0.2) is 54.9 Å². The Kier molecular flexibility index (Phi) is 5.35. The molecular weight excluding hydrogens is 362 g/mol. The molecule has 0 aliphatic rings. The van der Waals surface area contributed by atoms with Crippen molar-refractivity contribution in [1.82, 2.24) is 9.97 Å². The van der Waals surface area contributed by atoms with Gasteiger partial charge in [-0.1, -0.05) is 39.0 Å². The summed E-state index contributed by atoms with van der Waals surface area (Å²) in [6, 6.07) is 11.0. The van der Waals surface area contributed by atoms with Gasteiger partial charge in [-0.15, -0.1) is 0 Å². The van der Waals surface area contributed by atoms with Crippen molar-refractivity contribution >= 4 is 23.1 Å². The molecule has 0 fully saturated rings. The largest absolute Gasteiger partial charge is 0.339 e. The molecule has 0 unspecified atom stereocenters. The standard InChI is InChI=1S/C21H20F2N4O/c1-21(2,3)14-6-4-5-7-17(14)27-19-12-24-18(11-25-19)20(28)26-13-8-9-15(22)16(23)10-13/h4-12H,1-3H3,(H,25,27)(H,26,28). The Balaban J connectivity index is 1.73. The molecule has 1 heterocycles. The van der Waals surface area contributed by atoms with Crippen LogP contribution >= 0.6 is 0 Å². The van der Waals surface area contributed by atoms with E-state index in [0.717, 1.165) is 23.4 Å². The Morgan fingerprint density at radius 3 is 2.36 bits per heavy atom. The molecule has 0 aliphatic carbocycles. The van der Waals surface area contributed by atoms with Gasteiger partial charge in [0.05, 0.1) is 12.4 Å². The fraction of sp³-hybridized carbons (Fsp3) is 0.190. The first-order chi connectivity index (χ1) is 13.2. The average molecular weight is 382 g/mol. The molecule has 3 rings (SSSR count). The van der Waals surface area contributed by atoms with Crippen molar-refractivity contribution in [2.75, 3.05) is 10.6 Å². The van der Waals surface area contributed by atoms with Gasteiger partial charge in [-0.25, -0.2) is 18.7 Å². The fourth-order valence-corrected chi connectivity index (χ4v) is 2.66. The SMILES string of the molecule is CC(C)(C)c1ccccc1Nc1cnc(C(=O)Nc2ccc(F)c(F)c2)cn1. The second-order valence-electron chi connectivity index (χ2n) is 7.29. The normalized spacial score (nSPS) is 11.2. The zero-order chi connectivity index (χ0) is 20.3. The average Bonchev–Trinajstić information content (AvgIpc) is 2.65. The van der Waals surface area contributed by atoms with E-state index >= 15 is 0 Å². The van der Waals surface area contributed by atoms with Crippen molar-refractivity contribution in [3.63, 3.8) is 0 Å². The van der Waals surface area contributed by atoms with E-state index in [0.29, 0.717) is 5.82 Å². The van der Waals surface area contributed by atoms with Gasteiger partial charge in [-0.2, -0.15) is 0 Å². The van der Waals surface area contributed by atoms with Gasteiger partial charge < -0.3 is 10.6 Å². The van der Waals surface area contributed by atoms with Crippen molar-refractivity contribution in [2.24, 2.45) is 0 Å². The molecular formula is C21H20F2N4O. The number of halogens is 2. The summed E-state index contributed by atoms with van der Waals surface area (Å²) in [5.74, 6) is -2.11. The highest BCUT2D eigenvalue weighted by Crippen LogP contribution is 2.30. The highest BCUT2D eigenvalue weighted by Gasteiger charge is 2.18. The minimum Gasteiger partial charge on any atom is -0.339 e. The first-order valence-corrected chi connectivity index (χ1v) is 8.69. The maximum Gasteiger partial charge on any atom is 0.275 e. The Hall–Kier alpha value is -3.35. The van der Waals surface area contributed by atoms with E-state index in [1.165, 1.54) is 18.5 Å². The van der Waals surface area contributed by atoms with Gasteiger partial charge in [-0.3, -0.25) is 4.79 Å². The third-order valence-corrected chi connectivity index (χ3v) is 4.06. The maximum absolute atomic E-state index is 13.2. The second kappa shape index (κ2) is 7.72. The van der Waals surface area contributed by atoms with E-state index < -0.39 is 17.5 Å². The number of benzene rings is 2. The van der Waals surface area contributed by atoms with Crippen LogP contribution in [0.4, 0.5) is 26.0 Å². The third-order valence-electron chi connectivity index (χ3n) is 4.06. The van der Waals surface area contributed by atoms with Gasteiger partial charge in [0.15, 0.2) is 11.6 Å². The molecule has 7 heteroatoms. The van der Waals surface area contributed by atoms with Gasteiger partial charge in [0.25, 0.3) is 5.91 Å². The van der Waals surface area contributed by atoms with Crippen LogP contribution in [0.5, 0.6) is 0 Å². The number of amides is 1. The molecule has 0 saturated heterocycles. The number of carbonyl (C=O) groups excluding carboxylic acids is 1. The highest BCUT2D eigenvalue weighted by atomic mass is 19.2. The summed E-state index contributed by atoms with van der Waals surface area (Å²) < 4.78 is 26.2. The number of anilines is 3. The van der Waals surface area contributed by atoms with E-state index in [-0.39, 0.29) is 16.8 Å². The molecule has 0 saturated carbocycles. The lowest BCUT2D eigenvalue weighted by Crippen LogP contribution is -2.15. The number of para-hydroxylation sites is 1. The predicted octanol–water partition coefficient (Wildman–Crippen LogP) is 5.05. The maximum atomic E-state index is 13.2. The van der Waals surface area contributed by atoms with Crippen molar-refractivity contribution < 1.29 is 13.6 Å². The van der Waals surface area contributed by atoms with Crippen LogP contribution in [0.3, 0.4) is 0 Å². The summed E-state index contributed by atoms with van der Waals surface area (Å²) >= 11 is 0. The van der Waals surface area contributed by atoms with E-state index in [2.05, 4.69) is 41.4 Å². The summed E-state index contributed by atoms with van der Waals surface area (Å²) in [7, 11) is 0. The number of nitrogens with one attached hydrogen (secondary N) is 2. The van der Waals surface area contributed by atoms with E-state index in [1.54, 1.807) is 0 Å². The molecule has 0 aliphatic heterocycles. The van der Waals surface area contributed by atoms with Crippen LogP contribution in [0.1, 0.15) is 36.8 Å². The molecule has 3 aromatic rings. The quantitative estimate of drug-likeness (QED) is 0.663. The van der Waals surface area contributed by atoms with Crippen LogP contribution in [0.2, 0.25) is 0 Å². The van der Waals surface area contributed by atoms with Crippen LogP contribution in [0, 0.1) is 11.6 Å². The van der Waals surface area contributed by atoms with Crippen molar-refractivity contribution in [1.29, 1.82) is 0 Å². The Labute approximate surface area is 161 Å². The highest BCUT2D eigenvalue weighted by molar-refractivity contribution is 6.02. The lowest BCUT2D eigenvalue weighted by Gasteiger charge is -2.23. The van der Waals surface area contributed by atoms with Crippen LogP contribution < -0.4 is 10.6 Å². The van der Waals surface area contributed by atoms with Gasteiger partial charge in [0, 0.05) is 17.4 Å². The lowest BCUT2D eigenvalue weighted by molar-refractivity contribution is 0.102. The van der Waals surface area contributed by atoms with E-state index in [9.17, 15) is 13.6 Å². The molecule has 0 radical (unpaired) electrons. The monoisotopic (exact) mass is 382 g/mol. The summed E-state index contributed by atoms with van der Waals surface area (Å²) in [6.45, 7) is 6.35. The Morgan fingerprint density at radius 1 is 0.964 bits per heavy atom. The summed E-state index contributed by atoms with van der Waals surface area (Å²) in [5, 5.41) is 5.67. The fourth-order valence-electron chi connectivity index (χ4n) is 2.66. The van der Waals surface area contributed by atoms with Gasteiger partial charge >= 0.3 is 0 Å². The van der Waals surface area contributed by atoms with Crippen molar-refractivity contribution in [2.45, 2.75) is 26.2 Å². The minimum absolute atomic E-state index is 0.0543. The van der Waals surface area contributed by atoms with Crippen LogP contribution in [-0.2, 0) is 5.41 Å². The van der Waals surface area contributed by atoms with E-state index in [1.807, 2.05) is 24.3 Å². The molecule has 2 N–H and O–H groups in total. The number of aromatic nitrogens is 2. The molecule has 28 heavy (non-hydrogen) atoms. The lowest BCUT2D eigenvalue weighted by atomic mass is 9.86. The second-order valence-corrected chi connectivity index (χ2v) is 7.29. The first-order valence-electron chi connectivity index (χ1n) is 8.69. The topological polar surface area (TPSA) is 66.9 Å². The van der Waals surface area contributed by atoms with Gasteiger partial charge in [-0.05, 0) is 29.2 Å². The minimum atomic E-state index is -1.04. The smallest absolute Gasteiger partial charge is 0.275 e. The summed E-state index contributed by atoms with van der Waals surface area (Å²) in [6.07, 6.45) is 2.76. The molecule has 0 bridgehead atoms. The molecule has 1 aromatic heterocycles. The number of hydrogen-bond acceptors (Lipinski definition) is 4. The summed E-state index contributed by atoms with van der Waals surface area (Å²) in [5.41, 5.74) is 2.16. The summed E-state index contributed by atoms with van der Waals surface area (Å²) in [4.78, 5) is 20.5. The number of carbonyl (C=O) groups is 1. The first kappa shape index (κ1) is 19.4. The van der Waals surface area contributed by atoms with Crippen LogP contribution in [0.25, 0.3) is 0 Å². The molecule has 144 valence electrons. The van der Waals surface area contributed by atoms with Crippen LogP contribution in [-0.4, -0.2) is 15.9 Å². The van der Waals surface area contributed by atoms with Crippen molar-refractivity contribution in [3.8, 4) is 0 Å². The van der Waals surface area contributed by atoms with E-state index in [4.69, 9.17) is 0 Å². The Bertz CT molecular complexity index is 998. The van der Waals surface area contributed by atoms with Gasteiger partial charge in [0.2, 0.25) is 0 Å². The molecule has 5 nitrogen and oxygen atoms in total. The number of hydrogen-bond donors (Lipinski definition) is 2. The Morgan fingerprint density at radius 2 is 1.71 bits per heavy atom. The zero-order valence-electron chi connectivity index (χ0n) is 15.8.